The fraction of sp³-hybridized carbons (Fsp3) is 0.0909. The lowest BCUT2D eigenvalue weighted by Crippen LogP contribution is -2.04. The molecule has 4 aromatic rings. The zero-order valence-corrected chi connectivity index (χ0v) is 15.7. The number of aromatic nitrogens is 2. The molecule has 0 radical (unpaired) electrons. The van der Waals surface area contributed by atoms with Crippen LogP contribution in [0.4, 0.5) is 11.5 Å². The Morgan fingerprint density at radius 2 is 1.69 bits per heavy atom. The average Bonchev–Trinajstić information content (AvgIpc) is 2.77. The number of methoxy groups -OCH3 is 1. The minimum absolute atomic E-state index is 0.109. The molecular formula is C22H18N4O3. The van der Waals surface area contributed by atoms with E-state index in [2.05, 4.69) is 15.5 Å². The minimum atomic E-state index is -0.465. The fourth-order valence-corrected chi connectivity index (χ4v) is 3.21. The Morgan fingerprint density at radius 1 is 0.966 bits per heavy atom. The summed E-state index contributed by atoms with van der Waals surface area (Å²) in [7, 11) is 1.41. The number of hydrogen-bond acceptors (Lipinski definition) is 6. The number of nitrogens with zero attached hydrogens (tertiary/aromatic N) is 3. The lowest BCUT2D eigenvalue weighted by molar-refractivity contribution is -0.385. The number of nitro groups is 1. The maximum atomic E-state index is 11.4. The van der Waals surface area contributed by atoms with Crippen LogP contribution < -0.4 is 10.1 Å². The van der Waals surface area contributed by atoms with E-state index < -0.39 is 4.92 Å². The molecule has 0 saturated carbocycles. The first-order chi connectivity index (χ1) is 14.2. The van der Waals surface area contributed by atoms with Gasteiger partial charge in [0.1, 0.15) is 5.69 Å². The maximum absolute atomic E-state index is 11.4. The molecule has 0 fully saturated rings. The van der Waals surface area contributed by atoms with Crippen LogP contribution in [0, 0.1) is 10.1 Å². The second-order valence-electron chi connectivity index (χ2n) is 6.43. The van der Waals surface area contributed by atoms with Crippen molar-refractivity contribution in [3.63, 3.8) is 0 Å². The Balaban J connectivity index is 1.76. The minimum Gasteiger partial charge on any atom is -0.490 e. The van der Waals surface area contributed by atoms with Crippen LogP contribution in [0.25, 0.3) is 22.0 Å². The van der Waals surface area contributed by atoms with Crippen LogP contribution in [0.1, 0.15) is 5.56 Å². The molecule has 0 aliphatic heterocycles. The number of nitro benzene ring substituents is 1. The van der Waals surface area contributed by atoms with Crippen molar-refractivity contribution >= 4 is 22.3 Å². The van der Waals surface area contributed by atoms with Gasteiger partial charge in [-0.05, 0) is 17.7 Å². The monoisotopic (exact) mass is 386 g/mol. The molecule has 0 saturated heterocycles. The van der Waals surface area contributed by atoms with Gasteiger partial charge in [-0.3, -0.25) is 10.1 Å². The maximum Gasteiger partial charge on any atom is 0.311 e. The van der Waals surface area contributed by atoms with Gasteiger partial charge in [-0.1, -0.05) is 54.6 Å². The molecule has 3 aromatic carbocycles. The van der Waals surface area contributed by atoms with E-state index in [4.69, 9.17) is 4.74 Å². The molecule has 7 nitrogen and oxygen atoms in total. The predicted molar refractivity (Wildman–Crippen MR) is 112 cm³/mol. The third-order valence-electron chi connectivity index (χ3n) is 4.64. The summed E-state index contributed by atoms with van der Waals surface area (Å²) in [5.74, 6) is 0.869. The largest absolute Gasteiger partial charge is 0.490 e. The van der Waals surface area contributed by atoms with Gasteiger partial charge in [0.05, 0.1) is 12.0 Å². The first-order valence-electron chi connectivity index (χ1n) is 9.03. The van der Waals surface area contributed by atoms with Crippen LogP contribution in [0.3, 0.4) is 0 Å². The average molecular weight is 386 g/mol. The molecule has 0 aliphatic rings. The van der Waals surface area contributed by atoms with Gasteiger partial charge in [-0.15, -0.1) is 10.2 Å². The van der Waals surface area contributed by atoms with Crippen LogP contribution in [0.2, 0.25) is 0 Å². The topological polar surface area (TPSA) is 90.2 Å². The number of ether oxygens (including phenoxy) is 1. The van der Waals surface area contributed by atoms with Gasteiger partial charge in [-0.25, -0.2) is 0 Å². The summed E-state index contributed by atoms with van der Waals surface area (Å²) in [6.45, 7) is 0.618. The molecule has 1 N–H and O–H groups in total. The van der Waals surface area contributed by atoms with Crippen molar-refractivity contribution in [2.24, 2.45) is 0 Å². The first kappa shape index (κ1) is 18.4. The number of fused-ring (bicyclic) bond motifs is 1. The second-order valence-corrected chi connectivity index (χ2v) is 6.43. The van der Waals surface area contributed by atoms with Crippen LogP contribution in [0.5, 0.6) is 5.75 Å². The van der Waals surface area contributed by atoms with Crippen molar-refractivity contribution in [2.45, 2.75) is 6.54 Å². The molecule has 0 aliphatic carbocycles. The number of benzene rings is 3. The Hall–Kier alpha value is -4.00. The van der Waals surface area contributed by atoms with Crippen LogP contribution in [0.15, 0.2) is 72.8 Å². The summed E-state index contributed by atoms with van der Waals surface area (Å²) in [5, 5.41) is 25.2. The van der Waals surface area contributed by atoms with Gasteiger partial charge < -0.3 is 10.1 Å². The zero-order chi connectivity index (χ0) is 20.2. The van der Waals surface area contributed by atoms with Crippen molar-refractivity contribution in [2.75, 3.05) is 12.4 Å². The SMILES string of the molecule is COc1ccc(-c2nnc(NCc3ccccc3)c3ccccc23)cc1[N+](=O)[O-]. The van der Waals surface area contributed by atoms with E-state index in [-0.39, 0.29) is 11.4 Å². The Labute approximate surface area is 167 Å². The molecule has 29 heavy (non-hydrogen) atoms. The lowest BCUT2D eigenvalue weighted by Gasteiger charge is -2.12. The molecule has 0 amide bonds. The highest BCUT2D eigenvalue weighted by molar-refractivity contribution is 6.00. The summed E-state index contributed by atoms with van der Waals surface area (Å²) in [5.41, 5.74) is 2.21. The highest BCUT2D eigenvalue weighted by atomic mass is 16.6. The van der Waals surface area contributed by atoms with Crippen LogP contribution in [-0.2, 0) is 6.54 Å². The Morgan fingerprint density at radius 3 is 2.41 bits per heavy atom. The van der Waals surface area contributed by atoms with Gasteiger partial charge in [0.15, 0.2) is 11.6 Å². The van der Waals surface area contributed by atoms with Crippen molar-refractivity contribution in [3.05, 3.63) is 88.5 Å². The zero-order valence-electron chi connectivity index (χ0n) is 15.7. The quantitative estimate of drug-likeness (QED) is 0.377. The van der Waals surface area contributed by atoms with E-state index in [9.17, 15) is 10.1 Å². The van der Waals surface area contributed by atoms with Crippen LogP contribution >= 0.6 is 0 Å². The Kier molecular flexibility index (Phi) is 5.03. The molecule has 144 valence electrons. The number of rotatable bonds is 6. The third kappa shape index (κ3) is 3.70. The molecule has 0 atom stereocenters. The third-order valence-corrected chi connectivity index (χ3v) is 4.64. The van der Waals surface area contributed by atoms with Gasteiger partial charge >= 0.3 is 5.69 Å². The van der Waals surface area contributed by atoms with E-state index in [1.54, 1.807) is 12.1 Å². The normalized spacial score (nSPS) is 10.7. The van der Waals surface area contributed by atoms with Crippen molar-refractivity contribution in [1.29, 1.82) is 0 Å². The molecule has 7 heteroatoms. The highest BCUT2D eigenvalue weighted by Crippen LogP contribution is 2.35. The van der Waals surface area contributed by atoms with Gasteiger partial charge in [0.2, 0.25) is 0 Å². The molecule has 4 rings (SSSR count). The summed E-state index contributed by atoms with van der Waals surface area (Å²) in [6.07, 6.45) is 0. The standard InChI is InChI=1S/C22H18N4O3/c1-29-20-12-11-16(13-19(20)26(27)28)21-17-9-5-6-10-18(17)22(25-24-21)23-14-15-7-3-2-4-8-15/h2-13H,14H2,1H3,(H,23,25). The van der Waals surface area contributed by atoms with Gasteiger partial charge in [-0.2, -0.15) is 0 Å². The molecule has 1 heterocycles. The van der Waals surface area contributed by atoms with Gasteiger partial charge in [0, 0.05) is 28.9 Å². The fourth-order valence-electron chi connectivity index (χ4n) is 3.21. The van der Waals surface area contributed by atoms with Gasteiger partial charge in [0.25, 0.3) is 0 Å². The first-order valence-corrected chi connectivity index (χ1v) is 9.03. The summed E-state index contributed by atoms with van der Waals surface area (Å²) in [6, 6.07) is 22.5. The number of hydrogen-bond donors (Lipinski definition) is 1. The van der Waals surface area contributed by atoms with Crippen molar-refractivity contribution < 1.29 is 9.66 Å². The molecular weight excluding hydrogens is 368 g/mol. The van der Waals surface area contributed by atoms with Crippen LogP contribution in [-0.4, -0.2) is 22.2 Å². The van der Waals surface area contributed by atoms with E-state index in [1.807, 2.05) is 54.6 Å². The summed E-state index contributed by atoms with van der Waals surface area (Å²) < 4.78 is 5.09. The van der Waals surface area contributed by atoms with E-state index in [0.29, 0.717) is 23.6 Å². The second kappa shape index (κ2) is 7.93. The predicted octanol–water partition coefficient (Wildman–Crippen LogP) is 4.83. The lowest BCUT2D eigenvalue weighted by atomic mass is 10.0. The summed E-state index contributed by atoms with van der Waals surface area (Å²) in [4.78, 5) is 10.9. The highest BCUT2D eigenvalue weighted by Gasteiger charge is 2.18. The molecule has 0 spiro atoms. The van der Waals surface area contributed by atoms with Crippen molar-refractivity contribution in [3.8, 4) is 17.0 Å². The summed E-state index contributed by atoms with van der Waals surface area (Å²) >= 11 is 0. The van der Waals surface area contributed by atoms with Crippen molar-refractivity contribution in [1.82, 2.24) is 10.2 Å². The smallest absolute Gasteiger partial charge is 0.311 e. The van der Waals surface area contributed by atoms with E-state index in [0.717, 1.165) is 16.3 Å². The molecule has 0 unspecified atom stereocenters. The Bertz CT molecular complexity index is 1180. The number of nitrogens with one attached hydrogen (secondary N) is 1. The van der Waals surface area contributed by atoms with E-state index in [1.165, 1.54) is 13.2 Å². The number of anilines is 1. The molecule has 0 bridgehead atoms. The van der Waals surface area contributed by atoms with E-state index >= 15 is 0 Å². The molecule has 1 aromatic heterocycles.